The maximum Gasteiger partial charge on any atom is 0.437 e. The molecule has 0 saturated heterocycles. The number of imide groups is 1. The van der Waals surface area contributed by atoms with Crippen molar-refractivity contribution < 1.29 is 48.1 Å². The van der Waals surface area contributed by atoms with Crippen molar-refractivity contribution in [3.05, 3.63) is 71.7 Å². The van der Waals surface area contributed by atoms with Gasteiger partial charge in [0.25, 0.3) is 11.8 Å². The number of imidazole rings is 1. The van der Waals surface area contributed by atoms with Gasteiger partial charge in [-0.15, -0.1) is 10.1 Å². The van der Waals surface area contributed by atoms with Gasteiger partial charge in [-0.2, -0.15) is 0 Å². The molecule has 0 saturated carbocycles. The average Bonchev–Trinajstić information content (AvgIpc) is 3.49. The van der Waals surface area contributed by atoms with Crippen molar-refractivity contribution in [2.45, 2.75) is 71.8 Å². The van der Waals surface area contributed by atoms with Gasteiger partial charge in [-0.3, -0.25) is 14.2 Å². The van der Waals surface area contributed by atoms with Gasteiger partial charge >= 0.3 is 18.2 Å². The van der Waals surface area contributed by atoms with Crippen LogP contribution in [0, 0.1) is 0 Å². The van der Waals surface area contributed by atoms with Gasteiger partial charge in [0.05, 0.1) is 17.3 Å². The number of nitrogens with one attached hydrogen (secondary N) is 1. The molecule has 3 aromatic rings. The molecule has 0 spiro atoms. The number of nitrogens with zero attached hydrogens (tertiary/aromatic N) is 5. The highest BCUT2D eigenvalue weighted by atomic mass is 16.7. The molecule has 1 atom stereocenters. The first-order valence-electron chi connectivity index (χ1n) is 15.0. The molecule has 4 amide bonds. The minimum absolute atomic E-state index is 0.105. The highest BCUT2D eigenvalue weighted by molar-refractivity contribution is 6.20. The molecule has 4 rings (SSSR count). The number of carbonyl (C=O) groups is 5. The first-order valence-corrected chi connectivity index (χ1v) is 15.0. The second kappa shape index (κ2) is 14.5. The number of amides is 4. The number of rotatable bonds is 11. The molecule has 256 valence electrons. The Bertz CT molecular complexity index is 1710. The lowest BCUT2D eigenvalue weighted by Crippen LogP contribution is -2.41. The van der Waals surface area contributed by atoms with Gasteiger partial charge in [0.1, 0.15) is 29.4 Å². The fraction of sp³-hybridized carbons (Fsp3) is 0.406. The summed E-state index contributed by atoms with van der Waals surface area (Å²) in [7, 11) is 0. The van der Waals surface area contributed by atoms with Crippen molar-refractivity contribution in [1.82, 2.24) is 24.5 Å². The van der Waals surface area contributed by atoms with Crippen LogP contribution in [0.4, 0.5) is 9.59 Å². The molecule has 0 radical (unpaired) electrons. The highest BCUT2D eigenvalue weighted by Gasteiger charge is 2.39. The van der Waals surface area contributed by atoms with Crippen LogP contribution in [0.15, 0.2) is 60.0 Å². The number of ether oxygens (including phenoxy) is 3. The van der Waals surface area contributed by atoms with E-state index in [1.807, 2.05) is 0 Å². The maximum atomic E-state index is 12.7. The van der Waals surface area contributed by atoms with Gasteiger partial charge in [-0.25, -0.2) is 24.2 Å². The van der Waals surface area contributed by atoms with Gasteiger partial charge in [0.2, 0.25) is 11.7 Å². The SMILES string of the molecule is CC(C)(C)OC(=O)N=c1n(CCCNC(=O)OC(C)(C)C)ccn1-c1ccc(OC[C@H](ON2C(=O)c3ccccc3C2=O)C(=O)O)cn1. The lowest BCUT2D eigenvalue weighted by atomic mass is 10.1. The molecule has 0 aliphatic carbocycles. The summed E-state index contributed by atoms with van der Waals surface area (Å²) < 4.78 is 19.4. The predicted octanol–water partition coefficient (Wildman–Crippen LogP) is 3.48. The molecule has 0 bridgehead atoms. The molecule has 1 aliphatic rings. The van der Waals surface area contributed by atoms with Crippen molar-refractivity contribution in [1.29, 1.82) is 0 Å². The number of hydrogen-bond acceptors (Lipinski definition) is 10. The third-order valence-corrected chi connectivity index (χ3v) is 6.33. The number of pyridine rings is 1. The van der Waals surface area contributed by atoms with Crippen molar-refractivity contribution in [2.24, 2.45) is 4.99 Å². The lowest BCUT2D eigenvalue weighted by molar-refractivity contribution is -0.178. The van der Waals surface area contributed by atoms with Gasteiger partial charge in [0, 0.05) is 25.5 Å². The Morgan fingerprint density at radius 1 is 0.938 bits per heavy atom. The second-order valence-corrected chi connectivity index (χ2v) is 12.6. The number of fused-ring (bicyclic) bond motifs is 1. The van der Waals surface area contributed by atoms with Crippen LogP contribution in [0.1, 0.15) is 68.7 Å². The van der Waals surface area contributed by atoms with E-state index >= 15 is 0 Å². The van der Waals surface area contributed by atoms with Crippen molar-refractivity contribution >= 4 is 30.0 Å². The summed E-state index contributed by atoms with van der Waals surface area (Å²) in [5.41, 5.74) is -1.00. The van der Waals surface area contributed by atoms with Gasteiger partial charge < -0.3 is 29.2 Å². The van der Waals surface area contributed by atoms with Crippen LogP contribution >= 0.6 is 0 Å². The first-order chi connectivity index (χ1) is 22.5. The molecular weight excluding hydrogens is 628 g/mol. The predicted molar refractivity (Wildman–Crippen MR) is 167 cm³/mol. The van der Waals surface area contributed by atoms with E-state index in [1.54, 1.807) is 81.3 Å². The normalized spacial score (nSPS) is 14.0. The summed E-state index contributed by atoms with van der Waals surface area (Å²) in [6.45, 7) is 10.6. The number of aliphatic carboxylic acids is 1. The Morgan fingerprint density at radius 2 is 1.58 bits per heavy atom. The third-order valence-electron chi connectivity index (χ3n) is 6.33. The van der Waals surface area contributed by atoms with Crippen LogP contribution in [0.25, 0.3) is 5.82 Å². The molecule has 16 nitrogen and oxygen atoms in total. The Hall–Kier alpha value is -5.51. The summed E-state index contributed by atoms with van der Waals surface area (Å²) in [4.78, 5) is 75.5. The molecule has 1 aliphatic heterocycles. The first kappa shape index (κ1) is 35.3. The summed E-state index contributed by atoms with van der Waals surface area (Å²) in [5.74, 6) is -2.50. The summed E-state index contributed by atoms with van der Waals surface area (Å²) >= 11 is 0. The molecule has 2 aromatic heterocycles. The number of carbonyl (C=O) groups excluding carboxylic acids is 4. The minimum Gasteiger partial charge on any atom is -0.489 e. The van der Waals surface area contributed by atoms with Crippen molar-refractivity contribution in [3.63, 3.8) is 0 Å². The van der Waals surface area contributed by atoms with E-state index in [0.29, 0.717) is 30.4 Å². The minimum atomic E-state index is -1.70. The van der Waals surface area contributed by atoms with Crippen LogP contribution < -0.4 is 15.7 Å². The number of alkyl carbamates (subject to hydrolysis) is 1. The van der Waals surface area contributed by atoms with Crippen LogP contribution in [0.3, 0.4) is 0 Å². The number of hydroxylamine groups is 2. The van der Waals surface area contributed by atoms with Crippen LogP contribution in [0.5, 0.6) is 5.75 Å². The largest absolute Gasteiger partial charge is 0.489 e. The van der Waals surface area contributed by atoms with E-state index in [4.69, 9.17) is 19.0 Å². The van der Waals surface area contributed by atoms with Crippen LogP contribution in [-0.2, 0) is 25.7 Å². The molecule has 2 N–H and O–H groups in total. The monoisotopic (exact) mass is 666 g/mol. The van der Waals surface area contributed by atoms with E-state index < -0.39 is 53.9 Å². The average molecular weight is 667 g/mol. The topological polar surface area (TPSA) is 193 Å². The fourth-order valence-electron chi connectivity index (χ4n) is 4.32. The number of carboxylic acids is 1. The van der Waals surface area contributed by atoms with E-state index in [-0.39, 0.29) is 22.5 Å². The highest BCUT2D eigenvalue weighted by Crippen LogP contribution is 2.24. The van der Waals surface area contributed by atoms with E-state index in [1.165, 1.54) is 24.4 Å². The zero-order chi connectivity index (χ0) is 35.2. The Labute approximate surface area is 275 Å². The Kier molecular flexibility index (Phi) is 10.7. The molecule has 48 heavy (non-hydrogen) atoms. The molecular formula is C32H38N6O10. The summed E-state index contributed by atoms with van der Waals surface area (Å²) in [5, 5.41) is 12.8. The lowest BCUT2D eigenvalue weighted by Gasteiger charge is -2.19. The molecule has 16 heteroatoms. The number of aryl methyl sites for hydroxylation is 1. The van der Waals surface area contributed by atoms with Crippen LogP contribution in [0.2, 0.25) is 0 Å². The molecule has 0 unspecified atom stereocenters. The smallest absolute Gasteiger partial charge is 0.437 e. The van der Waals surface area contributed by atoms with Gasteiger partial charge in [-0.05, 0) is 72.2 Å². The molecule has 3 heterocycles. The number of aromatic nitrogens is 3. The quantitative estimate of drug-likeness (QED) is 0.225. The Morgan fingerprint density at radius 3 is 2.15 bits per heavy atom. The van der Waals surface area contributed by atoms with Crippen molar-refractivity contribution in [3.8, 4) is 11.6 Å². The summed E-state index contributed by atoms with van der Waals surface area (Å²) in [6, 6.07) is 9.11. The third kappa shape index (κ3) is 9.28. The molecule has 0 fully saturated rings. The molecule has 1 aromatic carbocycles. The van der Waals surface area contributed by atoms with Gasteiger partial charge in [-0.1, -0.05) is 12.1 Å². The number of carboxylic acid groups (broad SMARTS) is 1. The van der Waals surface area contributed by atoms with Crippen LogP contribution in [-0.4, -0.2) is 84.7 Å². The zero-order valence-corrected chi connectivity index (χ0v) is 27.5. The van der Waals surface area contributed by atoms with E-state index in [2.05, 4.69) is 15.3 Å². The number of hydrogen-bond donors (Lipinski definition) is 2. The van der Waals surface area contributed by atoms with E-state index in [0.717, 1.165) is 0 Å². The van der Waals surface area contributed by atoms with Gasteiger partial charge in [0.15, 0.2) is 0 Å². The Balaban J connectivity index is 1.46. The van der Waals surface area contributed by atoms with E-state index in [9.17, 15) is 29.1 Å². The second-order valence-electron chi connectivity index (χ2n) is 12.6. The maximum absolute atomic E-state index is 12.7. The standard InChI is InChI=1S/C32H38N6O10/c1-31(2,3)46-29(43)33-14-9-15-36-16-17-37(28(36)35-30(44)47-32(4,5)6)24-13-12-20(18-34-24)45-19-23(27(41)42)48-38-25(39)21-10-7-8-11-22(21)26(38)40/h7-8,10-13,16-18,23H,9,14-15,19H2,1-6H3,(H,33,43)(H,41,42)/t23-/m0/s1. The summed E-state index contributed by atoms with van der Waals surface area (Å²) in [6.07, 6.45) is 2.09. The van der Waals surface area contributed by atoms with Crippen molar-refractivity contribution in [2.75, 3.05) is 13.2 Å². The fourth-order valence-corrected chi connectivity index (χ4v) is 4.32. The number of benzene rings is 1. The zero-order valence-electron chi connectivity index (χ0n) is 27.5.